The van der Waals surface area contributed by atoms with Gasteiger partial charge in [-0.05, 0) is 69.3 Å². The molecule has 2 aromatic carbocycles. The first-order valence-corrected chi connectivity index (χ1v) is 8.34. The van der Waals surface area contributed by atoms with Crippen LogP contribution < -0.4 is 10.1 Å². The minimum atomic E-state index is -0.373. The molecule has 2 rings (SSSR count). The second-order valence-electron chi connectivity index (χ2n) is 6.76. The Labute approximate surface area is 154 Å². The van der Waals surface area contributed by atoms with Gasteiger partial charge in [0.25, 0.3) is 0 Å². The van der Waals surface area contributed by atoms with E-state index in [2.05, 4.69) is 16.6 Å². The molecule has 5 nitrogen and oxygen atoms in total. The number of nitrogens with one attached hydrogen (secondary N) is 1. The van der Waals surface area contributed by atoms with E-state index >= 15 is 0 Å². The molecule has 0 unspecified atom stereocenters. The summed E-state index contributed by atoms with van der Waals surface area (Å²) >= 11 is 0. The molecule has 0 saturated carbocycles. The number of methoxy groups -OCH3 is 1. The number of hydrogen-bond donors (Lipinski definition) is 1. The van der Waals surface area contributed by atoms with E-state index in [0.717, 1.165) is 5.56 Å². The van der Waals surface area contributed by atoms with E-state index < -0.39 is 0 Å². The van der Waals surface area contributed by atoms with Crippen molar-refractivity contribution in [2.45, 2.75) is 32.9 Å². The molecular formula is C21H25NO4. The highest BCUT2D eigenvalue weighted by atomic mass is 16.5. The molecule has 0 atom stereocenters. The summed E-state index contributed by atoms with van der Waals surface area (Å²) in [4.78, 5) is 11.5. The topological polar surface area (TPSA) is 56.8 Å². The van der Waals surface area contributed by atoms with Crippen LogP contribution >= 0.6 is 0 Å². The highest BCUT2D eigenvalue weighted by Gasteiger charge is 2.12. The minimum absolute atomic E-state index is 0.286. The van der Waals surface area contributed by atoms with E-state index in [1.54, 1.807) is 24.3 Å². The van der Waals surface area contributed by atoms with E-state index in [1.807, 2.05) is 45.0 Å². The van der Waals surface area contributed by atoms with E-state index in [0.29, 0.717) is 29.5 Å². The Kier molecular flexibility index (Phi) is 6.28. The van der Waals surface area contributed by atoms with Gasteiger partial charge in [-0.15, -0.1) is 0 Å². The predicted molar refractivity (Wildman–Crippen MR) is 101 cm³/mol. The minimum Gasteiger partial charge on any atom is -0.474 e. The smallest absolute Gasteiger partial charge is 0.337 e. The summed E-state index contributed by atoms with van der Waals surface area (Å²) in [5, 5.41) is 3.15. The summed E-state index contributed by atoms with van der Waals surface area (Å²) in [6, 6.07) is 14.5. The molecule has 0 aliphatic carbocycles. The van der Waals surface area contributed by atoms with E-state index in [9.17, 15) is 4.79 Å². The monoisotopic (exact) mass is 355 g/mol. The van der Waals surface area contributed by atoms with E-state index in [1.165, 1.54) is 7.11 Å². The van der Waals surface area contributed by atoms with Crippen molar-refractivity contribution in [2.75, 3.05) is 7.11 Å². The summed E-state index contributed by atoms with van der Waals surface area (Å²) in [7, 11) is 1.35. The zero-order valence-corrected chi connectivity index (χ0v) is 15.7. The molecule has 0 saturated heterocycles. The first-order valence-electron chi connectivity index (χ1n) is 8.34. The molecule has 2 aromatic rings. The molecule has 0 radical (unpaired) electrons. The van der Waals surface area contributed by atoms with Crippen LogP contribution in [-0.4, -0.2) is 18.7 Å². The van der Waals surface area contributed by atoms with Crippen molar-refractivity contribution in [3.63, 3.8) is 0 Å². The van der Waals surface area contributed by atoms with Crippen LogP contribution in [0, 0.1) is 0 Å². The SMILES string of the molecule is C=C(NCc1cccc(Oc2ccc(C(=O)OC)cc2)c1)OC(C)(C)C. The number of carbonyl (C=O) groups is 1. The lowest BCUT2D eigenvalue weighted by molar-refractivity contribution is 0.0410. The van der Waals surface area contributed by atoms with Gasteiger partial charge >= 0.3 is 5.97 Å². The molecule has 0 spiro atoms. The Morgan fingerprint density at radius 2 is 1.77 bits per heavy atom. The maximum atomic E-state index is 11.5. The summed E-state index contributed by atoms with van der Waals surface area (Å²) in [6.07, 6.45) is 0. The van der Waals surface area contributed by atoms with Gasteiger partial charge in [-0.3, -0.25) is 0 Å². The van der Waals surface area contributed by atoms with Gasteiger partial charge in [-0.1, -0.05) is 12.1 Å². The highest BCUT2D eigenvalue weighted by Crippen LogP contribution is 2.23. The van der Waals surface area contributed by atoms with Crippen LogP contribution in [0.2, 0.25) is 0 Å². The molecule has 0 aromatic heterocycles. The number of carbonyl (C=O) groups excluding carboxylic acids is 1. The number of hydrogen-bond acceptors (Lipinski definition) is 5. The van der Waals surface area contributed by atoms with Gasteiger partial charge in [-0.2, -0.15) is 0 Å². The van der Waals surface area contributed by atoms with Crippen molar-refractivity contribution in [2.24, 2.45) is 0 Å². The molecule has 0 heterocycles. The molecule has 0 fully saturated rings. The van der Waals surface area contributed by atoms with Crippen LogP contribution in [0.25, 0.3) is 0 Å². The van der Waals surface area contributed by atoms with E-state index in [4.69, 9.17) is 9.47 Å². The first kappa shape index (κ1) is 19.4. The van der Waals surface area contributed by atoms with Crippen molar-refractivity contribution >= 4 is 5.97 Å². The van der Waals surface area contributed by atoms with Crippen molar-refractivity contribution in [3.05, 3.63) is 72.1 Å². The van der Waals surface area contributed by atoms with Gasteiger partial charge in [0.05, 0.1) is 12.7 Å². The Morgan fingerprint density at radius 1 is 1.08 bits per heavy atom. The van der Waals surface area contributed by atoms with Gasteiger partial charge in [0.15, 0.2) is 5.88 Å². The Hall–Kier alpha value is -2.95. The van der Waals surface area contributed by atoms with Gasteiger partial charge < -0.3 is 19.5 Å². The molecule has 0 amide bonds. The second kappa shape index (κ2) is 8.43. The summed E-state index contributed by atoms with van der Waals surface area (Å²) < 4.78 is 16.2. The third-order valence-corrected chi connectivity index (χ3v) is 3.33. The van der Waals surface area contributed by atoms with Gasteiger partial charge in [0.1, 0.15) is 17.1 Å². The quantitative estimate of drug-likeness (QED) is 0.579. The number of benzene rings is 2. The van der Waals surface area contributed by atoms with Gasteiger partial charge in [-0.25, -0.2) is 4.79 Å². The summed E-state index contributed by atoms with van der Waals surface area (Å²) in [5.41, 5.74) is 1.23. The molecular weight excluding hydrogens is 330 g/mol. The Bertz CT molecular complexity index is 760. The van der Waals surface area contributed by atoms with Gasteiger partial charge in [0, 0.05) is 6.54 Å². The maximum absolute atomic E-state index is 11.5. The average Bonchev–Trinajstić information content (AvgIpc) is 2.59. The lowest BCUT2D eigenvalue weighted by atomic mass is 10.2. The fourth-order valence-electron chi connectivity index (χ4n) is 2.24. The van der Waals surface area contributed by atoms with Crippen molar-refractivity contribution in [1.82, 2.24) is 5.32 Å². The molecule has 138 valence electrons. The lowest BCUT2D eigenvalue weighted by Crippen LogP contribution is -2.25. The summed E-state index contributed by atoms with van der Waals surface area (Å²) in [6.45, 7) is 10.4. The molecule has 0 bridgehead atoms. The third-order valence-electron chi connectivity index (χ3n) is 3.33. The fourth-order valence-corrected chi connectivity index (χ4v) is 2.24. The van der Waals surface area contributed by atoms with Gasteiger partial charge in [0.2, 0.25) is 0 Å². The van der Waals surface area contributed by atoms with Crippen molar-refractivity contribution in [1.29, 1.82) is 0 Å². The zero-order chi connectivity index (χ0) is 19.2. The van der Waals surface area contributed by atoms with Crippen LogP contribution in [0.4, 0.5) is 0 Å². The lowest BCUT2D eigenvalue weighted by Gasteiger charge is -2.23. The Morgan fingerprint density at radius 3 is 2.38 bits per heavy atom. The normalized spacial score (nSPS) is 10.8. The number of rotatable bonds is 7. The molecule has 26 heavy (non-hydrogen) atoms. The zero-order valence-electron chi connectivity index (χ0n) is 15.7. The highest BCUT2D eigenvalue weighted by molar-refractivity contribution is 5.89. The second-order valence-corrected chi connectivity index (χ2v) is 6.76. The van der Waals surface area contributed by atoms with Crippen LogP contribution in [0.1, 0.15) is 36.7 Å². The van der Waals surface area contributed by atoms with Crippen molar-refractivity contribution < 1.29 is 19.0 Å². The summed E-state index contributed by atoms with van der Waals surface area (Å²) in [5.74, 6) is 1.50. The third kappa shape index (κ3) is 6.16. The fraction of sp³-hybridized carbons (Fsp3) is 0.286. The Balaban J connectivity index is 1.96. The largest absolute Gasteiger partial charge is 0.474 e. The van der Waals surface area contributed by atoms with Crippen LogP contribution in [-0.2, 0) is 16.0 Å². The van der Waals surface area contributed by atoms with Crippen LogP contribution in [0.3, 0.4) is 0 Å². The molecule has 0 aliphatic heterocycles. The van der Waals surface area contributed by atoms with Crippen LogP contribution in [0.5, 0.6) is 11.5 Å². The first-order chi connectivity index (χ1) is 12.3. The van der Waals surface area contributed by atoms with Crippen molar-refractivity contribution in [3.8, 4) is 11.5 Å². The molecule has 0 aliphatic rings. The van der Waals surface area contributed by atoms with Crippen LogP contribution in [0.15, 0.2) is 61.0 Å². The van der Waals surface area contributed by atoms with E-state index in [-0.39, 0.29) is 11.6 Å². The number of ether oxygens (including phenoxy) is 3. The average molecular weight is 355 g/mol. The molecule has 5 heteroatoms. The predicted octanol–water partition coefficient (Wildman–Crippen LogP) is 4.64. The molecule has 1 N–H and O–H groups in total. The number of esters is 1. The maximum Gasteiger partial charge on any atom is 0.337 e. The standard InChI is InChI=1S/C21H25NO4/c1-15(26-21(2,3)4)22-14-16-7-6-8-19(13-16)25-18-11-9-17(10-12-18)20(23)24-5/h6-13,22H,1,14H2,2-5H3.